The van der Waals surface area contributed by atoms with Crippen LogP contribution >= 0.6 is 11.3 Å². The molecule has 1 N–H and O–H groups in total. The van der Waals surface area contributed by atoms with Crippen molar-refractivity contribution in [2.45, 2.75) is 0 Å². The molecule has 1 heterocycles. The second-order valence-electron chi connectivity index (χ2n) is 4.87. The van der Waals surface area contributed by atoms with Crippen molar-refractivity contribution in [3.63, 3.8) is 0 Å². The molecule has 0 fully saturated rings. The number of nitrogens with zero attached hydrogens (tertiary/aromatic N) is 2. The van der Waals surface area contributed by atoms with Crippen LogP contribution in [0, 0.1) is 0 Å². The molecule has 6 heteroatoms. The van der Waals surface area contributed by atoms with Crippen LogP contribution in [0.15, 0.2) is 60.7 Å². The van der Waals surface area contributed by atoms with Gasteiger partial charge in [0.15, 0.2) is 0 Å². The number of rotatable bonds is 5. The zero-order chi connectivity index (χ0) is 16.8. The molecule has 0 aliphatic heterocycles. The molecule has 3 aromatic rings. The number of aromatic nitrogens is 2. The zero-order valence-electron chi connectivity index (χ0n) is 13.0. The van der Waals surface area contributed by atoms with Gasteiger partial charge >= 0.3 is 0 Å². The summed E-state index contributed by atoms with van der Waals surface area (Å²) in [5.41, 5.74) is 1.89. The van der Waals surface area contributed by atoms with Gasteiger partial charge in [-0.25, -0.2) is 0 Å². The van der Waals surface area contributed by atoms with Crippen molar-refractivity contribution >= 4 is 28.5 Å². The topological polar surface area (TPSA) is 64.1 Å². The van der Waals surface area contributed by atoms with Crippen molar-refractivity contribution < 1.29 is 9.53 Å². The zero-order valence-corrected chi connectivity index (χ0v) is 13.8. The molecule has 0 spiro atoms. The van der Waals surface area contributed by atoms with Crippen molar-refractivity contribution in [1.82, 2.24) is 10.2 Å². The van der Waals surface area contributed by atoms with Crippen LogP contribution in [0.25, 0.3) is 16.6 Å². The van der Waals surface area contributed by atoms with Gasteiger partial charge in [0.1, 0.15) is 10.8 Å². The normalized spacial score (nSPS) is 10.7. The lowest BCUT2D eigenvalue weighted by molar-refractivity contribution is -0.111. The monoisotopic (exact) mass is 337 g/mol. The Morgan fingerprint density at radius 2 is 1.83 bits per heavy atom. The highest BCUT2D eigenvalue weighted by atomic mass is 32.1. The molecule has 2 aromatic carbocycles. The fraction of sp³-hybridized carbons (Fsp3) is 0.0556. The standard InChI is InChI=1S/C18H15N3O2S/c1-23-15-10-8-14(9-11-15)17-20-21-18(24-17)19-16(22)12-7-13-5-3-2-4-6-13/h2-12H,1H3,(H,19,21,22). The smallest absolute Gasteiger partial charge is 0.250 e. The molecular weight excluding hydrogens is 322 g/mol. The van der Waals surface area contributed by atoms with E-state index in [1.54, 1.807) is 13.2 Å². The Morgan fingerprint density at radius 3 is 2.54 bits per heavy atom. The number of anilines is 1. The largest absolute Gasteiger partial charge is 0.497 e. The lowest BCUT2D eigenvalue weighted by Gasteiger charge is -1.99. The van der Waals surface area contributed by atoms with Crippen LogP contribution in [-0.2, 0) is 4.79 Å². The van der Waals surface area contributed by atoms with Crippen LogP contribution in [0.1, 0.15) is 5.56 Å². The van der Waals surface area contributed by atoms with E-state index in [0.29, 0.717) is 5.13 Å². The minimum atomic E-state index is -0.240. The number of hydrogen-bond donors (Lipinski definition) is 1. The summed E-state index contributed by atoms with van der Waals surface area (Å²) in [4.78, 5) is 11.9. The van der Waals surface area contributed by atoms with Crippen molar-refractivity contribution in [1.29, 1.82) is 0 Å². The minimum absolute atomic E-state index is 0.240. The van der Waals surface area contributed by atoms with E-state index in [1.165, 1.54) is 17.4 Å². The highest BCUT2D eigenvalue weighted by Gasteiger charge is 2.08. The average molecular weight is 337 g/mol. The lowest BCUT2D eigenvalue weighted by Crippen LogP contribution is -2.07. The molecular formula is C18H15N3O2S. The van der Waals surface area contributed by atoms with E-state index in [0.717, 1.165) is 21.9 Å². The van der Waals surface area contributed by atoms with E-state index in [9.17, 15) is 4.79 Å². The van der Waals surface area contributed by atoms with Crippen LogP contribution in [0.5, 0.6) is 5.75 Å². The molecule has 0 aliphatic carbocycles. The summed E-state index contributed by atoms with van der Waals surface area (Å²) in [5, 5.41) is 12.0. The van der Waals surface area contributed by atoms with Gasteiger partial charge in [-0.3, -0.25) is 10.1 Å². The van der Waals surface area contributed by atoms with E-state index in [2.05, 4.69) is 15.5 Å². The Balaban J connectivity index is 1.65. The van der Waals surface area contributed by atoms with Gasteiger partial charge in [0.2, 0.25) is 11.0 Å². The highest BCUT2D eigenvalue weighted by Crippen LogP contribution is 2.27. The molecule has 0 bridgehead atoms. The van der Waals surface area contributed by atoms with Gasteiger partial charge in [-0.2, -0.15) is 0 Å². The summed E-state index contributed by atoms with van der Waals surface area (Å²) >= 11 is 1.32. The fourth-order valence-electron chi connectivity index (χ4n) is 2.01. The van der Waals surface area contributed by atoms with Gasteiger partial charge in [-0.15, -0.1) is 10.2 Å². The summed E-state index contributed by atoms with van der Waals surface area (Å²) in [7, 11) is 1.62. The molecule has 1 aromatic heterocycles. The first kappa shape index (κ1) is 15.9. The Bertz CT molecular complexity index is 842. The molecule has 0 atom stereocenters. The maximum Gasteiger partial charge on any atom is 0.250 e. The van der Waals surface area contributed by atoms with Gasteiger partial charge in [-0.05, 0) is 35.9 Å². The number of hydrogen-bond acceptors (Lipinski definition) is 5. The van der Waals surface area contributed by atoms with E-state index < -0.39 is 0 Å². The van der Waals surface area contributed by atoms with Crippen LogP contribution in [0.3, 0.4) is 0 Å². The Kier molecular flexibility index (Phi) is 4.98. The van der Waals surface area contributed by atoms with Crippen molar-refractivity contribution in [3.05, 3.63) is 66.2 Å². The molecule has 0 radical (unpaired) electrons. The van der Waals surface area contributed by atoms with E-state index in [4.69, 9.17) is 4.74 Å². The van der Waals surface area contributed by atoms with Crippen LogP contribution in [0.4, 0.5) is 5.13 Å². The molecule has 0 saturated heterocycles. The summed E-state index contributed by atoms with van der Waals surface area (Å²) in [5.74, 6) is 0.541. The molecule has 120 valence electrons. The number of nitrogens with one attached hydrogen (secondary N) is 1. The van der Waals surface area contributed by atoms with Gasteiger partial charge in [0.25, 0.3) is 0 Å². The van der Waals surface area contributed by atoms with E-state index >= 15 is 0 Å². The number of methoxy groups -OCH3 is 1. The third-order valence-electron chi connectivity index (χ3n) is 3.22. The fourth-order valence-corrected chi connectivity index (χ4v) is 2.76. The third kappa shape index (κ3) is 4.05. The molecule has 5 nitrogen and oxygen atoms in total. The first-order valence-corrected chi connectivity index (χ1v) is 8.08. The van der Waals surface area contributed by atoms with E-state index in [-0.39, 0.29) is 5.91 Å². The van der Waals surface area contributed by atoms with Crippen LogP contribution < -0.4 is 10.1 Å². The third-order valence-corrected chi connectivity index (χ3v) is 4.11. The second kappa shape index (κ2) is 7.52. The maximum absolute atomic E-state index is 11.9. The number of ether oxygens (including phenoxy) is 1. The quantitative estimate of drug-likeness (QED) is 0.718. The van der Waals surface area contributed by atoms with Crippen LogP contribution in [-0.4, -0.2) is 23.2 Å². The van der Waals surface area contributed by atoms with Gasteiger partial charge in [-0.1, -0.05) is 41.7 Å². The summed E-state index contributed by atoms with van der Waals surface area (Å²) in [6, 6.07) is 17.1. The molecule has 0 aliphatic rings. The molecule has 0 saturated carbocycles. The predicted octanol–water partition coefficient (Wildman–Crippen LogP) is 3.87. The molecule has 1 amide bonds. The molecule has 0 unspecified atom stereocenters. The van der Waals surface area contributed by atoms with Crippen LogP contribution in [0.2, 0.25) is 0 Å². The number of benzene rings is 2. The predicted molar refractivity (Wildman–Crippen MR) is 96.0 cm³/mol. The van der Waals surface area contributed by atoms with Crippen molar-refractivity contribution in [2.24, 2.45) is 0 Å². The van der Waals surface area contributed by atoms with Gasteiger partial charge in [0, 0.05) is 11.6 Å². The SMILES string of the molecule is COc1ccc(-c2nnc(NC(=O)C=Cc3ccccc3)s2)cc1. The summed E-state index contributed by atoms with van der Waals surface area (Å²) in [6.07, 6.45) is 3.23. The highest BCUT2D eigenvalue weighted by molar-refractivity contribution is 7.18. The Morgan fingerprint density at radius 1 is 1.08 bits per heavy atom. The van der Waals surface area contributed by atoms with Gasteiger partial charge < -0.3 is 4.74 Å². The number of carbonyl (C=O) groups is 1. The second-order valence-corrected chi connectivity index (χ2v) is 5.85. The average Bonchev–Trinajstić information content (AvgIpc) is 3.09. The van der Waals surface area contributed by atoms with E-state index in [1.807, 2.05) is 54.6 Å². The molecule has 24 heavy (non-hydrogen) atoms. The molecule has 3 rings (SSSR count). The van der Waals surface area contributed by atoms with Crippen molar-refractivity contribution in [2.75, 3.05) is 12.4 Å². The summed E-state index contributed by atoms with van der Waals surface area (Å²) < 4.78 is 5.13. The van der Waals surface area contributed by atoms with Gasteiger partial charge in [0.05, 0.1) is 7.11 Å². The lowest BCUT2D eigenvalue weighted by atomic mass is 10.2. The first-order valence-electron chi connectivity index (χ1n) is 7.26. The Hall–Kier alpha value is -2.99. The minimum Gasteiger partial charge on any atom is -0.497 e. The number of carbonyl (C=O) groups excluding carboxylic acids is 1. The summed E-state index contributed by atoms with van der Waals surface area (Å²) in [6.45, 7) is 0. The number of amides is 1. The maximum atomic E-state index is 11.9. The first-order chi connectivity index (χ1) is 11.7. The Labute approximate surface area is 143 Å². The van der Waals surface area contributed by atoms with Crippen molar-refractivity contribution in [3.8, 4) is 16.3 Å².